The summed E-state index contributed by atoms with van der Waals surface area (Å²) < 4.78 is 14.3. The van der Waals surface area contributed by atoms with Gasteiger partial charge in [0.05, 0.1) is 0 Å². The molecule has 3 aliphatic rings. The average molecular weight is 399 g/mol. The van der Waals surface area contributed by atoms with Crippen LogP contribution in [0.25, 0.3) is 0 Å². The number of aryl methyl sites for hydroxylation is 1. The Labute approximate surface area is 179 Å². The molecule has 0 nitrogen and oxygen atoms in total. The van der Waals surface area contributed by atoms with Crippen molar-refractivity contribution < 1.29 is 4.39 Å². The lowest BCUT2D eigenvalue weighted by molar-refractivity contribution is 0.108. The van der Waals surface area contributed by atoms with Crippen LogP contribution in [0.15, 0.2) is 18.2 Å². The van der Waals surface area contributed by atoms with E-state index in [0.717, 1.165) is 41.6 Å². The fraction of sp³-hybridized carbons (Fsp3) is 0.786. The van der Waals surface area contributed by atoms with Crippen molar-refractivity contribution in [3.63, 3.8) is 0 Å². The van der Waals surface area contributed by atoms with Crippen LogP contribution in [0, 0.1) is 35.4 Å². The second-order valence-electron chi connectivity index (χ2n) is 10.8. The Morgan fingerprint density at radius 3 is 2.14 bits per heavy atom. The number of benzene rings is 1. The molecule has 1 aromatic carbocycles. The van der Waals surface area contributed by atoms with Gasteiger partial charge < -0.3 is 0 Å². The Morgan fingerprint density at radius 1 is 0.759 bits per heavy atom. The molecule has 1 heteroatoms. The van der Waals surface area contributed by atoms with Crippen molar-refractivity contribution in [2.24, 2.45) is 29.6 Å². The normalized spacial score (nSPS) is 35.3. The maximum Gasteiger partial charge on any atom is 0.126 e. The van der Waals surface area contributed by atoms with Crippen LogP contribution < -0.4 is 0 Å². The molecule has 0 aliphatic heterocycles. The van der Waals surface area contributed by atoms with Gasteiger partial charge in [0.2, 0.25) is 0 Å². The molecule has 0 spiro atoms. The predicted molar refractivity (Wildman–Crippen MR) is 122 cm³/mol. The molecule has 0 saturated heterocycles. The molecule has 0 bridgehead atoms. The maximum atomic E-state index is 14.3. The van der Waals surface area contributed by atoms with Crippen molar-refractivity contribution in [3.05, 3.63) is 35.1 Å². The van der Waals surface area contributed by atoms with Gasteiger partial charge in [-0.25, -0.2) is 4.39 Å². The Kier molecular flexibility index (Phi) is 7.35. The number of hydrogen-bond donors (Lipinski definition) is 0. The molecule has 0 radical (unpaired) electrons. The third-order valence-electron chi connectivity index (χ3n) is 9.18. The molecule has 3 aliphatic carbocycles. The lowest BCUT2D eigenvalue weighted by Crippen LogP contribution is -2.30. The number of fused-ring (bicyclic) bond motifs is 1. The second kappa shape index (κ2) is 9.97. The molecule has 1 aromatic rings. The summed E-state index contributed by atoms with van der Waals surface area (Å²) in [6.07, 6.45) is 19.6. The SMILES string of the molecule is CCc1ccc(C2CCC3CC(CCC4CCC(CC)CC4)CCC3C2)cc1F. The Morgan fingerprint density at radius 2 is 1.41 bits per heavy atom. The lowest BCUT2D eigenvalue weighted by Gasteiger charge is -2.43. The standard InChI is InChI=1S/C28H43F/c1-3-20-5-7-21(8-6-20)9-10-22-11-12-25-18-26(16-15-24(25)17-22)27-14-13-23(4-2)28(29)19-27/h13-14,19-22,24-26H,3-12,15-18H2,1-2H3. The zero-order valence-electron chi connectivity index (χ0n) is 19.0. The monoisotopic (exact) mass is 398 g/mol. The average Bonchev–Trinajstić information content (AvgIpc) is 2.77. The number of hydrogen-bond acceptors (Lipinski definition) is 0. The van der Waals surface area contributed by atoms with Gasteiger partial charge in [0.1, 0.15) is 5.82 Å². The van der Waals surface area contributed by atoms with Gasteiger partial charge in [-0.2, -0.15) is 0 Å². The van der Waals surface area contributed by atoms with Crippen molar-refractivity contribution >= 4 is 0 Å². The number of halogens is 1. The Bertz CT molecular complexity index is 642. The fourth-order valence-electron chi connectivity index (χ4n) is 7.06. The topological polar surface area (TPSA) is 0 Å². The molecule has 162 valence electrons. The molecular formula is C28H43F. The minimum Gasteiger partial charge on any atom is -0.207 e. The van der Waals surface area contributed by atoms with Crippen molar-refractivity contribution in [2.45, 2.75) is 110 Å². The van der Waals surface area contributed by atoms with Crippen LogP contribution >= 0.6 is 0 Å². The van der Waals surface area contributed by atoms with Crippen LogP contribution in [-0.2, 0) is 6.42 Å². The van der Waals surface area contributed by atoms with E-state index >= 15 is 0 Å². The molecule has 0 heterocycles. The lowest BCUT2D eigenvalue weighted by atomic mass is 9.63. The van der Waals surface area contributed by atoms with E-state index < -0.39 is 0 Å². The van der Waals surface area contributed by atoms with Crippen LogP contribution in [0.3, 0.4) is 0 Å². The summed E-state index contributed by atoms with van der Waals surface area (Å²) >= 11 is 0. The summed E-state index contributed by atoms with van der Waals surface area (Å²) in [5, 5.41) is 0. The van der Waals surface area contributed by atoms with Crippen LogP contribution in [0.4, 0.5) is 4.39 Å². The van der Waals surface area contributed by atoms with E-state index in [1.165, 1.54) is 89.0 Å². The summed E-state index contributed by atoms with van der Waals surface area (Å²) in [4.78, 5) is 0. The predicted octanol–water partition coefficient (Wildman–Crippen LogP) is 8.68. The van der Waals surface area contributed by atoms with Crippen molar-refractivity contribution in [3.8, 4) is 0 Å². The van der Waals surface area contributed by atoms with Gasteiger partial charge in [-0.05, 0) is 91.2 Å². The first-order valence-corrected chi connectivity index (χ1v) is 12.9. The molecule has 0 aromatic heterocycles. The van der Waals surface area contributed by atoms with Crippen molar-refractivity contribution in [2.75, 3.05) is 0 Å². The molecule has 0 N–H and O–H groups in total. The van der Waals surface area contributed by atoms with Crippen LogP contribution in [0.5, 0.6) is 0 Å². The highest BCUT2D eigenvalue weighted by atomic mass is 19.1. The van der Waals surface area contributed by atoms with E-state index in [9.17, 15) is 4.39 Å². The smallest absolute Gasteiger partial charge is 0.126 e. The van der Waals surface area contributed by atoms with Gasteiger partial charge in [-0.1, -0.05) is 77.3 Å². The molecule has 0 amide bonds. The molecule has 3 fully saturated rings. The summed E-state index contributed by atoms with van der Waals surface area (Å²) in [6, 6.07) is 6.09. The molecule has 4 rings (SSSR count). The number of rotatable bonds is 6. The molecular weight excluding hydrogens is 355 g/mol. The van der Waals surface area contributed by atoms with Crippen LogP contribution in [0.2, 0.25) is 0 Å². The first-order valence-electron chi connectivity index (χ1n) is 12.9. The Hall–Kier alpha value is -0.850. The second-order valence-corrected chi connectivity index (χ2v) is 10.8. The highest BCUT2D eigenvalue weighted by Crippen LogP contribution is 2.49. The summed E-state index contributed by atoms with van der Waals surface area (Å²) in [6.45, 7) is 4.41. The van der Waals surface area contributed by atoms with Gasteiger partial charge in [-0.3, -0.25) is 0 Å². The highest BCUT2D eigenvalue weighted by molar-refractivity contribution is 5.27. The van der Waals surface area contributed by atoms with E-state index in [2.05, 4.69) is 13.0 Å². The van der Waals surface area contributed by atoms with Gasteiger partial charge in [0, 0.05) is 0 Å². The van der Waals surface area contributed by atoms with Gasteiger partial charge >= 0.3 is 0 Å². The largest absolute Gasteiger partial charge is 0.207 e. The maximum absolute atomic E-state index is 14.3. The van der Waals surface area contributed by atoms with Gasteiger partial charge in [-0.15, -0.1) is 0 Å². The zero-order chi connectivity index (χ0) is 20.2. The van der Waals surface area contributed by atoms with Crippen molar-refractivity contribution in [1.82, 2.24) is 0 Å². The minimum absolute atomic E-state index is 0.0174. The molecule has 29 heavy (non-hydrogen) atoms. The van der Waals surface area contributed by atoms with E-state index in [1.54, 1.807) is 0 Å². The summed E-state index contributed by atoms with van der Waals surface area (Å²) in [7, 11) is 0. The highest BCUT2D eigenvalue weighted by Gasteiger charge is 2.36. The van der Waals surface area contributed by atoms with E-state index in [-0.39, 0.29) is 5.82 Å². The first-order chi connectivity index (χ1) is 14.2. The van der Waals surface area contributed by atoms with Crippen molar-refractivity contribution in [1.29, 1.82) is 0 Å². The fourth-order valence-corrected chi connectivity index (χ4v) is 7.06. The van der Waals surface area contributed by atoms with Crippen LogP contribution in [-0.4, -0.2) is 0 Å². The first kappa shape index (κ1) is 21.4. The van der Waals surface area contributed by atoms with Gasteiger partial charge in [0.25, 0.3) is 0 Å². The molecule has 4 atom stereocenters. The summed E-state index contributed by atoms with van der Waals surface area (Å²) in [5.41, 5.74) is 2.13. The third-order valence-corrected chi connectivity index (χ3v) is 9.18. The van der Waals surface area contributed by atoms with E-state index in [0.29, 0.717) is 5.92 Å². The Balaban J connectivity index is 1.24. The molecule has 3 saturated carbocycles. The van der Waals surface area contributed by atoms with Gasteiger partial charge in [0.15, 0.2) is 0 Å². The van der Waals surface area contributed by atoms with E-state index in [4.69, 9.17) is 0 Å². The van der Waals surface area contributed by atoms with E-state index in [1.807, 2.05) is 19.1 Å². The summed E-state index contributed by atoms with van der Waals surface area (Å²) in [5.74, 6) is 5.54. The minimum atomic E-state index is 0.0174. The third kappa shape index (κ3) is 5.26. The van der Waals surface area contributed by atoms with Crippen LogP contribution in [0.1, 0.15) is 114 Å². The zero-order valence-corrected chi connectivity index (χ0v) is 19.0. The molecule has 4 unspecified atom stereocenters. The quantitative estimate of drug-likeness (QED) is 0.449.